The molecular weight excluding hydrogens is 252 g/mol. The Labute approximate surface area is 93.0 Å². The van der Waals surface area contributed by atoms with E-state index >= 15 is 0 Å². The fourth-order valence-electron chi connectivity index (χ4n) is 1.17. The molecule has 0 saturated heterocycles. The van der Waals surface area contributed by atoms with E-state index in [-0.39, 0.29) is 12.1 Å². The van der Waals surface area contributed by atoms with Gasteiger partial charge in [-0.25, -0.2) is 0 Å². The smallest absolute Gasteiger partial charge is 0.325 e. The van der Waals surface area contributed by atoms with Crippen LogP contribution < -0.4 is 0 Å². The van der Waals surface area contributed by atoms with Crippen LogP contribution in [0, 0.1) is 0 Å². The van der Waals surface area contributed by atoms with Gasteiger partial charge in [-0.3, -0.25) is 4.79 Å². The summed E-state index contributed by atoms with van der Waals surface area (Å²) in [5.74, 6) is -0.347. The molecule has 0 aromatic rings. The zero-order valence-corrected chi connectivity index (χ0v) is 10.6. The number of rotatable bonds is 6. The van der Waals surface area contributed by atoms with Crippen molar-refractivity contribution in [3.63, 3.8) is 0 Å². The summed E-state index contributed by atoms with van der Waals surface area (Å²) >= 11 is 3.31. The standard InChI is InChI=1S/C9H17BrO4/c1-9(10,8(11)14-4)7(13-3)5-6-12-2/h7H,5-6H2,1-4H3/t7-,9-/m1/s1. The van der Waals surface area contributed by atoms with E-state index in [0.29, 0.717) is 13.0 Å². The number of carbonyl (C=O) groups excluding carboxylic acids is 1. The summed E-state index contributed by atoms with van der Waals surface area (Å²) in [6.07, 6.45) is 0.360. The summed E-state index contributed by atoms with van der Waals surface area (Å²) in [7, 11) is 4.52. The van der Waals surface area contributed by atoms with E-state index in [1.54, 1.807) is 21.1 Å². The van der Waals surface area contributed by atoms with E-state index in [1.807, 2.05) is 0 Å². The van der Waals surface area contributed by atoms with Crippen LogP contribution in [-0.4, -0.2) is 44.3 Å². The van der Waals surface area contributed by atoms with Crippen molar-refractivity contribution in [3.8, 4) is 0 Å². The molecule has 0 aromatic heterocycles. The molecule has 14 heavy (non-hydrogen) atoms. The highest BCUT2D eigenvalue weighted by molar-refractivity contribution is 9.10. The molecule has 0 heterocycles. The maximum Gasteiger partial charge on any atom is 0.325 e. The van der Waals surface area contributed by atoms with Gasteiger partial charge in [-0.1, -0.05) is 15.9 Å². The Balaban J connectivity index is 4.39. The molecule has 0 spiro atoms. The minimum Gasteiger partial charge on any atom is -0.468 e. The maximum absolute atomic E-state index is 11.4. The highest BCUT2D eigenvalue weighted by Crippen LogP contribution is 2.27. The lowest BCUT2D eigenvalue weighted by atomic mass is 10.0. The molecule has 0 unspecified atom stereocenters. The van der Waals surface area contributed by atoms with Crippen molar-refractivity contribution in [2.45, 2.75) is 23.8 Å². The first kappa shape index (κ1) is 13.9. The highest BCUT2D eigenvalue weighted by atomic mass is 79.9. The van der Waals surface area contributed by atoms with Crippen LogP contribution in [0.5, 0.6) is 0 Å². The Morgan fingerprint density at radius 1 is 1.43 bits per heavy atom. The summed E-state index contributed by atoms with van der Waals surface area (Å²) in [4.78, 5) is 11.4. The second kappa shape index (κ2) is 6.37. The van der Waals surface area contributed by atoms with Gasteiger partial charge in [0.1, 0.15) is 4.32 Å². The largest absolute Gasteiger partial charge is 0.468 e. The monoisotopic (exact) mass is 268 g/mol. The number of hydrogen-bond acceptors (Lipinski definition) is 4. The summed E-state index contributed by atoms with van der Waals surface area (Å²) in [6.45, 7) is 2.26. The van der Waals surface area contributed by atoms with E-state index < -0.39 is 4.32 Å². The first-order valence-corrected chi connectivity index (χ1v) is 5.09. The van der Waals surface area contributed by atoms with Gasteiger partial charge in [-0.05, 0) is 13.3 Å². The normalized spacial score (nSPS) is 17.2. The van der Waals surface area contributed by atoms with Crippen molar-refractivity contribution < 1.29 is 19.0 Å². The van der Waals surface area contributed by atoms with Gasteiger partial charge in [0.2, 0.25) is 0 Å². The van der Waals surface area contributed by atoms with Crippen LogP contribution >= 0.6 is 15.9 Å². The lowest BCUT2D eigenvalue weighted by molar-refractivity contribution is -0.146. The summed E-state index contributed by atoms with van der Waals surface area (Å²) in [5, 5.41) is 0. The Kier molecular flexibility index (Phi) is 6.31. The minimum absolute atomic E-state index is 0.269. The zero-order chi connectivity index (χ0) is 11.2. The Morgan fingerprint density at radius 3 is 2.36 bits per heavy atom. The number of ether oxygens (including phenoxy) is 3. The third kappa shape index (κ3) is 3.55. The second-order valence-corrected chi connectivity index (χ2v) is 4.72. The van der Waals surface area contributed by atoms with Crippen molar-refractivity contribution in [3.05, 3.63) is 0 Å². The third-order valence-corrected chi connectivity index (χ3v) is 2.89. The van der Waals surface area contributed by atoms with Crippen molar-refractivity contribution in [2.75, 3.05) is 27.9 Å². The lowest BCUT2D eigenvalue weighted by Crippen LogP contribution is -2.43. The van der Waals surface area contributed by atoms with Crippen molar-refractivity contribution in [2.24, 2.45) is 0 Å². The quantitative estimate of drug-likeness (QED) is 0.539. The van der Waals surface area contributed by atoms with Gasteiger partial charge in [0.25, 0.3) is 0 Å². The topological polar surface area (TPSA) is 44.8 Å². The van der Waals surface area contributed by atoms with E-state index in [2.05, 4.69) is 20.7 Å². The predicted octanol–water partition coefficient (Wildman–Crippen LogP) is 1.36. The molecule has 0 fully saturated rings. The third-order valence-electron chi connectivity index (χ3n) is 2.06. The average Bonchev–Trinajstić information content (AvgIpc) is 2.17. The van der Waals surface area contributed by atoms with Gasteiger partial charge >= 0.3 is 5.97 Å². The SMILES string of the molecule is COCC[C@@H](OC)[C@@](C)(Br)C(=O)OC. The zero-order valence-electron chi connectivity index (χ0n) is 9.00. The average molecular weight is 269 g/mol. The van der Waals surface area contributed by atoms with E-state index in [0.717, 1.165) is 0 Å². The fraction of sp³-hybridized carbons (Fsp3) is 0.889. The molecule has 4 nitrogen and oxygen atoms in total. The van der Waals surface area contributed by atoms with Crippen LogP contribution in [0.15, 0.2) is 0 Å². The number of hydrogen-bond donors (Lipinski definition) is 0. The molecule has 2 atom stereocenters. The summed E-state index contributed by atoms with van der Waals surface area (Å²) in [6, 6.07) is 0. The molecule has 0 saturated carbocycles. The maximum atomic E-state index is 11.4. The predicted molar refractivity (Wildman–Crippen MR) is 56.6 cm³/mol. The van der Waals surface area contributed by atoms with E-state index in [9.17, 15) is 4.79 Å². The molecule has 84 valence electrons. The van der Waals surface area contributed by atoms with Crippen LogP contribution in [0.2, 0.25) is 0 Å². The fourth-order valence-corrected chi connectivity index (χ4v) is 1.74. The molecule has 0 rings (SSSR count). The number of carbonyl (C=O) groups is 1. The Bertz CT molecular complexity index is 182. The van der Waals surface area contributed by atoms with Crippen molar-refractivity contribution >= 4 is 21.9 Å². The van der Waals surface area contributed by atoms with Crippen LogP contribution in [0.4, 0.5) is 0 Å². The van der Waals surface area contributed by atoms with Crippen LogP contribution in [0.1, 0.15) is 13.3 Å². The molecule has 0 bridgehead atoms. The van der Waals surface area contributed by atoms with Crippen molar-refractivity contribution in [1.82, 2.24) is 0 Å². The lowest BCUT2D eigenvalue weighted by Gasteiger charge is -2.28. The highest BCUT2D eigenvalue weighted by Gasteiger charge is 2.40. The first-order chi connectivity index (χ1) is 6.50. The molecule has 0 amide bonds. The summed E-state index contributed by atoms with van der Waals surface area (Å²) in [5.41, 5.74) is 0. The van der Waals surface area contributed by atoms with Gasteiger partial charge in [-0.15, -0.1) is 0 Å². The van der Waals surface area contributed by atoms with E-state index in [4.69, 9.17) is 9.47 Å². The molecule has 0 aliphatic heterocycles. The second-order valence-electron chi connectivity index (χ2n) is 3.07. The van der Waals surface area contributed by atoms with Gasteiger partial charge in [-0.2, -0.15) is 0 Å². The molecule has 0 radical (unpaired) electrons. The first-order valence-electron chi connectivity index (χ1n) is 4.29. The Morgan fingerprint density at radius 2 is 2.00 bits per heavy atom. The van der Waals surface area contributed by atoms with Gasteiger partial charge < -0.3 is 14.2 Å². The van der Waals surface area contributed by atoms with Gasteiger partial charge in [0.15, 0.2) is 0 Å². The summed E-state index contributed by atoms with van der Waals surface area (Å²) < 4.78 is 14.0. The van der Waals surface area contributed by atoms with E-state index in [1.165, 1.54) is 7.11 Å². The number of esters is 1. The molecule has 0 aliphatic carbocycles. The van der Waals surface area contributed by atoms with Crippen molar-refractivity contribution in [1.29, 1.82) is 0 Å². The van der Waals surface area contributed by atoms with Crippen LogP contribution in [0.25, 0.3) is 0 Å². The van der Waals surface area contributed by atoms with Crippen LogP contribution in [-0.2, 0) is 19.0 Å². The molecule has 0 aromatic carbocycles. The number of methoxy groups -OCH3 is 3. The molecule has 0 aliphatic rings. The molecular formula is C9H17BrO4. The van der Waals surface area contributed by atoms with Gasteiger partial charge in [0, 0.05) is 20.8 Å². The molecule has 5 heteroatoms. The minimum atomic E-state index is -0.824. The Hall–Kier alpha value is -0.130. The van der Waals surface area contributed by atoms with Crippen LogP contribution in [0.3, 0.4) is 0 Å². The number of alkyl halides is 1. The van der Waals surface area contributed by atoms with Gasteiger partial charge in [0.05, 0.1) is 13.2 Å². The number of halogens is 1. The molecule has 0 N–H and O–H groups in total.